The maximum Gasteiger partial charge on any atom is 0.284 e. The molecule has 1 aromatic heterocycles. The summed E-state index contributed by atoms with van der Waals surface area (Å²) in [5.41, 5.74) is -0.740. The average molecular weight is 158 g/mol. The van der Waals surface area contributed by atoms with Gasteiger partial charge in [0.25, 0.3) is 5.56 Å². The van der Waals surface area contributed by atoms with Crippen molar-refractivity contribution in [3.63, 3.8) is 0 Å². The van der Waals surface area contributed by atoms with Gasteiger partial charge in [0, 0.05) is 6.07 Å². The Morgan fingerprint density at radius 3 is 2.45 bits per heavy atom. The predicted octanol–water partition coefficient (Wildman–Crippen LogP) is -0.330. The number of aromatic nitrogens is 1. The molecule has 0 spiro atoms. The van der Waals surface area contributed by atoms with Crippen LogP contribution in [0.1, 0.15) is 0 Å². The van der Waals surface area contributed by atoms with Crippen molar-refractivity contribution in [3.8, 4) is 0 Å². The smallest absolute Gasteiger partial charge is 0.284 e. The van der Waals surface area contributed by atoms with E-state index >= 15 is 0 Å². The summed E-state index contributed by atoms with van der Waals surface area (Å²) in [5, 5.41) is 25.3. The van der Waals surface area contributed by atoms with Crippen molar-refractivity contribution >= 4 is 5.82 Å². The summed E-state index contributed by atoms with van der Waals surface area (Å²) < 4.78 is 0.111. The Morgan fingerprint density at radius 1 is 1.36 bits per heavy atom. The number of hydrogen-bond acceptors (Lipinski definition) is 5. The fourth-order valence-electron chi connectivity index (χ4n) is 0.622. The van der Waals surface area contributed by atoms with Crippen LogP contribution in [0.5, 0.6) is 0 Å². The van der Waals surface area contributed by atoms with E-state index in [-0.39, 0.29) is 9.96 Å². The first-order valence-electron chi connectivity index (χ1n) is 2.72. The molecule has 0 atom stereocenters. The molecule has 0 saturated heterocycles. The van der Waals surface area contributed by atoms with Gasteiger partial charge in [0.2, 0.25) is 5.82 Å². The number of rotatable bonds is 1. The average Bonchev–Trinajstić information content (AvgIpc) is 1.94. The van der Waals surface area contributed by atoms with Crippen LogP contribution in [0, 0.1) is 0 Å². The highest BCUT2D eigenvalue weighted by molar-refractivity contribution is 5.31. The van der Waals surface area contributed by atoms with Crippen LogP contribution in [0.3, 0.4) is 0 Å². The number of nitrogens with zero attached hydrogens (tertiary/aromatic N) is 2. The molecule has 0 radical (unpaired) electrons. The molecule has 6 heteroatoms. The minimum atomic E-state index is -0.740. The van der Waals surface area contributed by atoms with Crippen LogP contribution in [-0.4, -0.2) is 20.4 Å². The van der Waals surface area contributed by atoms with E-state index < -0.39 is 11.4 Å². The van der Waals surface area contributed by atoms with Gasteiger partial charge in [-0.15, -0.1) is 9.96 Å². The summed E-state index contributed by atoms with van der Waals surface area (Å²) in [6.07, 6.45) is 0. The Bertz CT molecular complexity index is 306. The van der Waals surface area contributed by atoms with Crippen LogP contribution in [0.2, 0.25) is 0 Å². The third-order valence-corrected chi connectivity index (χ3v) is 1.11. The lowest BCUT2D eigenvalue weighted by molar-refractivity contribution is 0.0129. The number of anilines is 1. The molecule has 1 aromatic rings. The summed E-state index contributed by atoms with van der Waals surface area (Å²) in [5.74, 6) is -0.419. The minimum Gasteiger partial charge on any atom is -0.423 e. The van der Waals surface area contributed by atoms with E-state index in [0.717, 1.165) is 12.1 Å². The van der Waals surface area contributed by atoms with E-state index in [9.17, 15) is 4.79 Å². The summed E-state index contributed by atoms with van der Waals surface area (Å²) in [6, 6.07) is 3.51. The molecule has 0 amide bonds. The fourth-order valence-corrected chi connectivity index (χ4v) is 0.622. The molecular formula is C5H6N2O4. The summed E-state index contributed by atoms with van der Waals surface area (Å²) in [6.45, 7) is 0. The van der Waals surface area contributed by atoms with Crippen molar-refractivity contribution in [2.24, 2.45) is 0 Å². The molecule has 11 heavy (non-hydrogen) atoms. The van der Waals surface area contributed by atoms with E-state index in [0.29, 0.717) is 0 Å². The van der Waals surface area contributed by atoms with E-state index in [1.165, 1.54) is 6.07 Å². The Balaban J connectivity index is 3.28. The second-order valence-corrected chi connectivity index (χ2v) is 1.82. The van der Waals surface area contributed by atoms with Gasteiger partial charge >= 0.3 is 0 Å². The van der Waals surface area contributed by atoms with Crippen LogP contribution in [-0.2, 0) is 0 Å². The first-order chi connectivity index (χ1) is 5.13. The van der Waals surface area contributed by atoms with Crippen LogP contribution in [0.15, 0.2) is 23.0 Å². The van der Waals surface area contributed by atoms with Gasteiger partial charge in [-0.3, -0.25) is 15.2 Å². The van der Waals surface area contributed by atoms with Gasteiger partial charge in [-0.05, 0) is 6.07 Å². The molecule has 1 rings (SSSR count). The van der Waals surface area contributed by atoms with Crippen LogP contribution >= 0.6 is 0 Å². The molecule has 0 saturated carbocycles. The molecule has 0 aliphatic heterocycles. The largest absolute Gasteiger partial charge is 0.423 e. The molecule has 0 aromatic carbocycles. The van der Waals surface area contributed by atoms with Crippen molar-refractivity contribution in [3.05, 3.63) is 28.6 Å². The minimum absolute atomic E-state index is 0.111. The fraction of sp³-hybridized carbons (Fsp3) is 0. The standard InChI is InChI=1S/C5H6N2O4/c8-5-3-1-2-4(6(5)9)7(10)11/h1-3,9-11H. The Labute approximate surface area is 61.0 Å². The summed E-state index contributed by atoms with van der Waals surface area (Å²) >= 11 is 0. The van der Waals surface area contributed by atoms with Crippen molar-refractivity contribution in [1.29, 1.82) is 0 Å². The molecule has 3 N–H and O–H groups in total. The second kappa shape index (κ2) is 2.60. The molecule has 0 fully saturated rings. The van der Waals surface area contributed by atoms with Crippen LogP contribution in [0.25, 0.3) is 0 Å². The van der Waals surface area contributed by atoms with Crippen molar-refractivity contribution in [1.82, 2.24) is 4.73 Å². The highest BCUT2D eigenvalue weighted by atomic mass is 16.8. The van der Waals surface area contributed by atoms with Gasteiger partial charge in [-0.1, -0.05) is 6.07 Å². The van der Waals surface area contributed by atoms with Gasteiger partial charge in [-0.2, -0.15) is 0 Å². The van der Waals surface area contributed by atoms with Crippen molar-refractivity contribution in [2.45, 2.75) is 0 Å². The highest BCUT2D eigenvalue weighted by Gasteiger charge is 2.04. The van der Waals surface area contributed by atoms with Crippen LogP contribution < -0.4 is 10.8 Å². The van der Waals surface area contributed by atoms with Gasteiger partial charge < -0.3 is 5.21 Å². The number of pyridine rings is 1. The van der Waals surface area contributed by atoms with Gasteiger partial charge in [0.15, 0.2) is 0 Å². The van der Waals surface area contributed by atoms with E-state index in [2.05, 4.69) is 0 Å². The zero-order valence-electron chi connectivity index (χ0n) is 5.38. The normalized spacial score (nSPS) is 9.64. The quantitative estimate of drug-likeness (QED) is 0.385. The second-order valence-electron chi connectivity index (χ2n) is 1.82. The predicted molar refractivity (Wildman–Crippen MR) is 33.9 cm³/mol. The first-order valence-corrected chi connectivity index (χ1v) is 2.72. The number of hydrogen-bond donors (Lipinski definition) is 3. The maximum atomic E-state index is 10.6. The molecule has 0 unspecified atom stereocenters. The van der Waals surface area contributed by atoms with E-state index in [1.54, 1.807) is 0 Å². The van der Waals surface area contributed by atoms with Crippen molar-refractivity contribution in [2.75, 3.05) is 5.23 Å². The summed E-state index contributed by atoms with van der Waals surface area (Å²) in [7, 11) is 0. The Kier molecular flexibility index (Phi) is 1.79. The van der Waals surface area contributed by atoms with Gasteiger partial charge in [0.05, 0.1) is 0 Å². The Morgan fingerprint density at radius 2 is 2.00 bits per heavy atom. The topological polar surface area (TPSA) is 85.9 Å². The van der Waals surface area contributed by atoms with Gasteiger partial charge in [0.1, 0.15) is 0 Å². The molecule has 6 nitrogen and oxygen atoms in total. The third kappa shape index (κ3) is 1.31. The Hall–Kier alpha value is -1.53. The van der Waals surface area contributed by atoms with E-state index in [4.69, 9.17) is 15.6 Å². The van der Waals surface area contributed by atoms with Crippen molar-refractivity contribution < 1.29 is 15.6 Å². The molecule has 0 bridgehead atoms. The monoisotopic (exact) mass is 158 g/mol. The lowest BCUT2D eigenvalue weighted by atomic mass is 10.5. The lowest BCUT2D eigenvalue weighted by Gasteiger charge is -2.08. The molecular weight excluding hydrogens is 152 g/mol. The molecule has 0 aliphatic carbocycles. The molecule has 0 aliphatic rings. The summed E-state index contributed by atoms with van der Waals surface area (Å²) in [4.78, 5) is 10.6. The SMILES string of the molecule is O=c1cccc(N(O)O)n1O. The first kappa shape index (κ1) is 7.58. The maximum absolute atomic E-state index is 10.6. The zero-order chi connectivity index (χ0) is 8.43. The molecule has 60 valence electrons. The third-order valence-electron chi connectivity index (χ3n) is 1.11. The highest BCUT2D eigenvalue weighted by Crippen LogP contribution is 2.03. The molecule has 1 heterocycles. The zero-order valence-corrected chi connectivity index (χ0v) is 5.38. The van der Waals surface area contributed by atoms with Crippen LogP contribution in [0.4, 0.5) is 5.82 Å². The lowest BCUT2D eigenvalue weighted by Crippen LogP contribution is -2.24. The van der Waals surface area contributed by atoms with E-state index in [1.807, 2.05) is 0 Å². The van der Waals surface area contributed by atoms with Gasteiger partial charge in [-0.25, -0.2) is 0 Å².